The van der Waals surface area contributed by atoms with E-state index >= 15 is 0 Å². The minimum Gasteiger partial charge on any atom is -0.342 e. The third-order valence-electron chi connectivity index (χ3n) is 3.19. The van der Waals surface area contributed by atoms with Crippen LogP contribution in [0.15, 0.2) is 18.3 Å². The van der Waals surface area contributed by atoms with Crippen LogP contribution in [0, 0.1) is 11.8 Å². The van der Waals surface area contributed by atoms with Gasteiger partial charge in [0.05, 0.1) is 13.1 Å². The molecular weight excluding hydrogens is 268 g/mol. The van der Waals surface area contributed by atoms with Gasteiger partial charge in [0.15, 0.2) is 0 Å². The SMILES string of the molecule is NCC#Cc1ccc(C(=O)NCC(=O)N2CCCC2)nc1. The minimum absolute atomic E-state index is 0.00917. The second kappa shape index (κ2) is 7.41. The molecule has 0 unspecified atom stereocenters. The smallest absolute Gasteiger partial charge is 0.270 e. The van der Waals surface area contributed by atoms with Crippen LogP contribution in [0.2, 0.25) is 0 Å². The Bertz CT molecular complexity index is 566. The van der Waals surface area contributed by atoms with Gasteiger partial charge in [0, 0.05) is 24.8 Å². The molecule has 0 saturated carbocycles. The molecule has 2 amide bonds. The summed E-state index contributed by atoms with van der Waals surface area (Å²) in [7, 11) is 0. The quantitative estimate of drug-likeness (QED) is 0.750. The van der Waals surface area contributed by atoms with Crippen LogP contribution in [0.25, 0.3) is 0 Å². The molecule has 1 aliphatic heterocycles. The maximum Gasteiger partial charge on any atom is 0.270 e. The Morgan fingerprint density at radius 3 is 2.71 bits per heavy atom. The molecule has 1 fully saturated rings. The monoisotopic (exact) mass is 286 g/mol. The molecule has 0 bridgehead atoms. The van der Waals surface area contributed by atoms with Crippen LogP contribution in [-0.4, -0.2) is 47.9 Å². The van der Waals surface area contributed by atoms with E-state index in [-0.39, 0.29) is 30.6 Å². The van der Waals surface area contributed by atoms with Crippen molar-refractivity contribution in [2.75, 3.05) is 26.2 Å². The van der Waals surface area contributed by atoms with Crippen molar-refractivity contribution in [3.63, 3.8) is 0 Å². The van der Waals surface area contributed by atoms with Gasteiger partial charge in [-0.25, -0.2) is 4.98 Å². The molecule has 0 radical (unpaired) electrons. The van der Waals surface area contributed by atoms with Gasteiger partial charge in [-0.05, 0) is 25.0 Å². The average molecular weight is 286 g/mol. The van der Waals surface area contributed by atoms with E-state index in [0.29, 0.717) is 5.56 Å². The zero-order chi connectivity index (χ0) is 15.1. The number of amides is 2. The standard InChI is InChI=1S/C15H18N4O2/c16-7-3-4-12-5-6-13(17-10-12)15(21)18-11-14(20)19-8-1-2-9-19/h5-6,10H,1-2,7-9,11,16H2,(H,18,21). The average Bonchev–Trinajstić information content (AvgIpc) is 3.05. The van der Waals surface area contributed by atoms with Crippen molar-refractivity contribution in [3.8, 4) is 11.8 Å². The lowest BCUT2D eigenvalue weighted by Crippen LogP contribution is -2.38. The summed E-state index contributed by atoms with van der Waals surface area (Å²) >= 11 is 0. The molecule has 6 heteroatoms. The third kappa shape index (κ3) is 4.29. The molecule has 0 aliphatic carbocycles. The molecule has 0 spiro atoms. The van der Waals surface area contributed by atoms with Gasteiger partial charge in [0.1, 0.15) is 5.69 Å². The third-order valence-corrected chi connectivity index (χ3v) is 3.19. The van der Waals surface area contributed by atoms with Crippen molar-refractivity contribution in [1.82, 2.24) is 15.2 Å². The van der Waals surface area contributed by atoms with Crippen molar-refractivity contribution >= 4 is 11.8 Å². The largest absolute Gasteiger partial charge is 0.342 e. The summed E-state index contributed by atoms with van der Waals surface area (Å²) in [5.74, 6) is 5.13. The minimum atomic E-state index is -0.360. The summed E-state index contributed by atoms with van der Waals surface area (Å²) in [6.45, 7) is 1.85. The Kier molecular flexibility index (Phi) is 5.29. The molecule has 21 heavy (non-hydrogen) atoms. The highest BCUT2D eigenvalue weighted by Crippen LogP contribution is 2.06. The molecule has 110 valence electrons. The van der Waals surface area contributed by atoms with Crippen LogP contribution in [-0.2, 0) is 4.79 Å². The van der Waals surface area contributed by atoms with Crippen molar-refractivity contribution in [2.45, 2.75) is 12.8 Å². The van der Waals surface area contributed by atoms with Crippen LogP contribution >= 0.6 is 0 Å². The fourth-order valence-electron chi connectivity index (χ4n) is 2.08. The van der Waals surface area contributed by atoms with Gasteiger partial charge in [-0.2, -0.15) is 0 Å². The molecule has 1 aromatic heterocycles. The van der Waals surface area contributed by atoms with Crippen LogP contribution in [0.4, 0.5) is 0 Å². The van der Waals surface area contributed by atoms with E-state index in [1.54, 1.807) is 17.0 Å². The van der Waals surface area contributed by atoms with Gasteiger partial charge in [-0.1, -0.05) is 11.8 Å². The van der Waals surface area contributed by atoms with Gasteiger partial charge >= 0.3 is 0 Å². The van der Waals surface area contributed by atoms with E-state index in [0.717, 1.165) is 25.9 Å². The highest BCUT2D eigenvalue weighted by atomic mass is 16.2. The molecule has 2 rings (SSSR count). The number of carbonyl (C=O) groups excluding carboxylic acids is 2. The summed E-state index contributed by atoms with van der Waals surface area (Å²) in [4.78, 5) is 29.5. The molecule has 0 aromatic carbocycles. The van der Waals surface area contributed by atoms with Gasteiger partial charge < -0.3 is 16.0 Å². The molecular formula is C15H18N4O2. The summed E-state index contributed by atoms with van der Waals surface area (Å²) in [5, 5.41) is 2.59. The lowest BCUT2D eigenvalue weighted by Gasteiger charge is -2.15. The number of nitrogens with zero attached hydrogens (tertiary/aromatic N) is 2. The molecule has 1 aromatic rings. The first kappa shape index (κ1) is 15.0. The maximum atomic E-state index is 11.9. The van der Waals surface area contributed by atoms with Gasteiger partial charge in [-0.15, -0.1) is 0 Å². The molecule has 0 atom stereocenters. The Morgan fingerprint density at radius 1 is 1.33 bits per heavy atom. The number of hydrogen-bond acceptors (Lipinski definition) is 4. The summed E-state index contributed by atoms with van der Waals surface area (Å²) in [6.07, 6.45) is 3.58. The summed E-state index contributed by atoms with van der Waals surface area (Å²) in [6, 6.07) is 3.28. The zero-order valence-corrected chi connectivity index (χ0v) is 11.8. The Morgan fingerprint density at radius 2 is 2.10 bits per heavy atom. The van der Waals surface area contributed by atoms with Crippen LogP contribution in [0.3, 0.4) is 0 Å². The van der Waals surface area contributed by atoms with Crippen molar-refractivity contribution in [3.05, 3.63) is 29.6 Å². The number of likely N-dealkylation sites (tertiary alicyclic amines) is 1. The van der Waals surface area contributed by atoms with Crippen molar-refractivity contribution in [2.24, 2.45) is 5.73 Å². The fraction of sp³-hybridized carbons (Fsp3) is 0.400. The van der Waals surface area contributed by atoms with Crippen LogP contribution in [0.5, 0.6) is 0 Å². The Balaban J connectivity index is 1.86. The zero-order valence-electron chi connectivity index (χ0n) is 11.8. The Labute approximate surface area is 123 Å². The number of aromatic nitrogens is 1. The second-order valence-electron chi connectivity index (χ2n) is 4.71. The Hall–Kier alpha value is -2.39. The maximum absolute atomic E-state index is 11.9. The first-order chi connectivity index (χ1) is 10.2. The number of nitrogens with one attached hydrogen (secondary N) is 1. The van der Waals surface area contributed by atoms with E-state index in [1.165, 1.54) is 6.20 Å². The normalized spacial score (nSPS) is 13.5. The summed E-state index contributed by atoms with van der Waals surface area (Å²) in [5.41, 5.74) is 6.25. The lowest BCUT2D eigenvalue weighted by molar-refractivity contribution is -0.129. The second-order valence-corrected chi connectivity index (χ2v) is 4.71. The predicted molar refractivity (Wildman–Crippen MR) is 78.3 cm³/mol. The van der Waals surface area contributed by atoms with Crippen LogP contribution < -0.4 is 11.1 Å². The van der Waals surface area contributed by atoms with E-state index in [4.69, 9.17) is 5.73 Å². The highest BCUT2D eigenvalue weighted by Gasteiger charge is 2.18. The topological polar surface area (TPSA) is 88.3 Å². The van der Waals surface area contributed by atoms with E-state index < -0.39 is 0 Å². The van der Waals surface area contributed by atoms with Gasteiger partial charge in [0.2, 0.25) is 5.91 Å². The number of pyridine rings is 1. The number of rotatable bonds is 3. The van der Waals surface area contributed by atoms with E-state index in [9.17, 15) is 9.59 Å². The number of carbonyl (C=O) groups is 2. The molecule has 6 nitrogen and oxygen atoms in total. The summed E-state index contributed by atoms with van der Waals surface area (Å²) < 4.78 is 0. The first-order valence-corrected chi connectivity index (χ1v) is 6.91. The van der Waals surface area contributed by atoms with Gasteiger partial charge in [-0.3, -0.25) is 9.59 Å². The lowest BCUT2D eigenvalue weighted by atomic mass is 10.2. The van der Waals surface area contributed by atoms with Crippen LogP contribution in [0.1, 0.15) is 28.9 Å². The van der Waals surface area contributed by atoms with Gasteiger partial charge in [0.25, 0.3) is 5.91 Å². The first-order valence-electron chi connectivity index (χ1n) is 6.91. The molecule has 1 saturated heterocycles. The van der Waals surface area contributed by atoms with E-state index in [2.05, 4.69) is 22.1 Å². The molecule has 2 heterocycles. The van der Waals surface area contributed by atoms with Crippen molar-refractivity contribution < 1.29 is 9.59 Å². The highest BCUT2D eigenvalue weighted by molar-refractivity contribution is 5.94. The molecule has 1 aliphatic rings. The number of nitrogens with two attached hydrogens (primary N) is 1. The predicted octanol–water partition coefficient (Wildman–Crippen LogP) is -0.256. The number of hydrogen-bond donors (Lipinski definition) is 2. The van der Waals surface area contributed by atoms with E-state index in [1.807, 2.05) is 0 Å². The molecule has 3 N–H and O–H groups in total. The fourth-order valence-corrected chi connectivity index (χ4v) is 2.08. The van der Waals surface area contributed by atoms with Crippen molar-refractivity contribution in [1.29, 1.82) is 0 Å².